The Balaban J connectivity index is 0.00000272. The number of nitrogens with two attached hydrogens (primary N) is 2. The van der Waals surface area contributed by atoms with Gasteiger partial charge in [0.05, 0.1) is 21.6 Å². The van der Waals surface area contributed by atoms with Crippen molar-refractivity contribution in [2.24, 2.45) is 0 Å². The summed E-state index contributed by atoms with van der Waals surface area (Å²) in [5.74, 6) is -2.44. The molecule has 152 valence electrons. The maximum Gasteiger partial charge on any atom is 1.00 e. The Bertz CT molecular complexity index is 1380. The molecule has 0 aliphatic heterocycles. The van der Waals surface area contributed by atoms with Crippen LogP contribution in [-0.2, 0) is 10.1 Å². The van der Waals surface area contributed by atoms with Crippen LogP contribution >= 0.6 is 0 Å². The summed E-state index contributed by atoms with van der Waals surface area (Å²) < 4.78 is 32.2. The van der Waals surface area contributed by atoms with E-state index >= 15 is 0 Å². The van der Waals surface area contributed by atoms with Gasteiger partial charge in [-0.15, -0.1) is 5.75 Å². The minimum absolute atomic E-state index is 0. The Kier molecular flexibility index (Phi) is 5.63. The van der Waals surface area contributed by atoms with E-state index in [0.29, 0.717) is 5.56 Å². The fraction of sp³-hybridized carbons (Fsp3) is 0. The molecule has 0 spiro atoms. The molecule has 0 heterocycles. The van der Waals surface area contributed by atoms with Crippen LogP contribution in [0.2, 0.25) is 0 Å². The number of hydrogen-bond donors (Lipinski definition) is 4. The molecule has 0 radical (unpaired) electrons. The summed E-state index contributed by atoms with van der Waals surface area (Å²) in [6.45, 7) is 0. The zero-order valence-electron chi connectivity index (χ0n) is 16.0. The first kappa shape index (κ1) is 22.8. The van der Waals surface area contributed by atoms with E-state index in [1.165, 1.54) is 30.3 Å². The Labute approximate surface area is 198 Å². The molecule has 31 heavy (non-hydrogen) atoms. The molecule has 0 unspecified atom stereocenters. The number of rotatable bonds is 2. The fourth-order valence-corrected chi connectivity index (χ4v) is 4.03. The van der Waals surface area contributed by atoms with Crippen LogP contribution in [0.1, 0.15) is 31.8 Å². The third-order valence-corrected chi connectivity index (χ3v) is 5.69. The fourth-order valence-electron chi connectivity index (χ4n) is 3.49. The standard InChI is InChI=1S/C20H14N2O7S.Na/c21-13-6-10(30(27,28)29)5-12-15(13)20(26)17-16(19(12)25)14(22)7-11(18(17)24)8-1-3-9(23)4-2-8;/h1-7,23-24H,21-22H2,(H,27,28,29);/q;+1/p-1. The van der Waals surface area contributed by atoms with E-state index in [1.54, 1.807) is 0 Å². The van der Waals surface area contributed by atoms with Crippen molar-refractivity contribution in [1.29, 1.82) is 0 Å². The average Bonchev–Trinajstić information content (AvgIpc) is 2.67. The molecule has 3 aromatic rings. The number of benzene rings is 3. The average molecular weight is 448 g/mol. The SMILES string of the molecule is Nc1cc(S(=O)(=O)O)cc2c1C(=O)c1c(O)c(-c3ccc([O-])cc3)cc(N)c1C2=O.[Na+]. The van der Waals surface area contributed by atoms with Gasteiger partial charge in [0.15, 0.2) is 11.6 Å². The number of ketones is 2. The predicted molar refractivity (Wildman–Crippen MR) is 105 cm³/mol. The number of carbonyl (C=O) groups excluding carboxylic acids is 2. The largest absolute Gasteiger partial charge is 1.00 e. The molecule has 0 bridgehead atoms. The summed E-state index contributed by atoms with van der Waals surface area (Å²) in [7, 11) is -4.69. The van der Waals surface area contributed by atoms with Gasteiger partial charge in [0.25, 0.3) is 10.1 Å². The molecular formula is C20H13N2NaO7S. The van der Waals surface area contributed by atoms with Crippen molar-refractivity contribution in [3.63, 3.8) is 0 Å². The first-order valence-electron chi connectivity index (χ1n) is 8.44. The van der Waals surface area contributed by atoms with E-state index in [2.05, 4.69) is 0 Å². The Morgan fingerprint density at radius 3 is 1.97 bits per heavy atom. The molecule has 0 atom stereocenters. The number of aromatic hydroxyl groups is 1. The van der Waals surface area contributed by atoms with Gasteiger partial charge in [-0.05, 0) is 23.8 Å². The summed E-state index contributed by atoms with van der Waals surface area (Å²) >= 11 is 0. The van der Waals surface area contributed by atoms with Crippen LogP contribution in [0.3, 0.4) is 0 Å². The molecule has 0 amide bonds. The number of hydrogen-bond acceptors (Lipinski definition) is 8. The monoisotopic (exact) mass is 448 g/mol. The smallest absolute Gasteiger partial charge is 0.872 e. The van der Waals surface area contributed by atoms with Gasteiger partial charge < -0.3 is 21.7 Å². The van der Waals surface area contributed by atoms with Crippen LogP contribution in [0.4, 0.5) is 11.4 Å². The Morgan fingerprint density at radius 1 is 0.806 bits per heavy atom. The predicted octanol–water partition coefficient (Wildman–Crippen LogP) is -1.68. The maximum absolute atomic E-state index is 13.1. The van der Waals surface area contributed by atoms with Crippen molar-refractivity contribution in [1.82, 2.24) is 0 Å². The Hall–Kier alpha value is -2.89. The van der Waals surface area contributed by atoms with E-state index in [1.807, 2.05) is 0 Å². The quantitative estimate of drug-likeness (QED) is 0.120. The van der Waals surface area contributed by atoms with Crippen molar-refractivity contribution < 1.29 is 62.3 Å². The molecule has 1 aliphatic carbocycles. The molecular weight excluding hydrogens is 435 g/mol. The summed E-state index contributed by atoms with van der Waals surface area (Å²) in [4.78, 5) is 25.5. The second kappa shape index (κ2) is 7.66. The Morgan fingerprint density at radius 2 is 1.39 bits per heavy atom. The molecule has 0 saturated heterocycles. The van der Waals surface area contributed by atoms with Crippen LogP contribution in [0.5, 0.6) is 11.5 Å². The minimum atomic E-state index is -4.69. The van der Waals surface area contributed by atoms with E-state index in [0.717, 1.165) is 12.1 Å². The zero-order valence-corrected chi connectivity index (χ0v) is 18.9. The third kappa shape index (κ3) is 3.58. The van der Waals surface area contributed by atoms with Gasteiger partial charge >= 0.3 is 29.6 Å². The number of fused-ring (bicyclic) bond motifs is 2. The first-order valence-corrected chi connectivity index (χ1v) is 9.88. The molecule has 0 aromatic heterocycles. The number of nitrogen functional groups attached to an aromatic ring is 2. The van der Waals surface area contributed by atoms with Gasteiger partial charge in [-0.25, -0.2) is 0 Å². The minimum Gasteiger partial charge on any atom is -0.872 e. The third-order valence-electron chi connectivity index (χ3n) is 4.86. The van der Waals surface area contributed by atoms with Gasteiger partial charge in [0, 0.05) is 22.5 Å². The van der Waals surface area contributed by atoms with Gasteiger partial charge in [0.2, 0.25) is 0 Å². The van der Waals surface area contributed by atoms with Crippen molar-refractivity contribution in [2.45, 2.75) is 4.90 Å². The maximum atomic E-state index is 13.1. The van der Waals surface area contributed by atoms with Crippen molar-refractivity contribution in [3.05, 3.63) is 64.7 Å². The van der Waals surface area contributed by atoms with Gasteiger partial charge in [0.1, 0.15) is 5.75 Å². The van der Waals surface area contributed by atoms with Gasteiger partial charge in [-0.1, -0.05) is 24.3 Å². The number of anilines is 2. The van der Waals surface area contributed by atoms with Crippen LogP contribution < -0.4 is 46.1 Å². The van der Waals surface area contributed by atoms with Crippen LogP contribution in [0.25, 0.3) is 11.1 Å². The van der Waals surface area contributed by atoms with Crippen molar-refractivity contribution >= 4 is 33.1 Å². The van der Waals surface area contributed by atoms with Crippen LogP contribution in [0.15, 0.2) is 47.4 Å². The summed E-state index contributed by atoms with van der Waals surface area (Å²) in [5.41, 5.74) is 10.5. The first-order chi connectivity index (χ1) is 14.0. The topological polar surface area (TPSA) is 184 Å². The van der Waals surface area contributed by atoms with E-state index in [9.17, 15) is 32.8 Å². The molecule has 9 nitrogen and oxygen atoms in total. The van der Waals surface area contributed by atoms with Gasteiger partial charge in [-0.2, -0.15) is 8.42 Å². The number of phenolic OH excluding ortho intramolecular Hbond substituents is 1. The van der Waals surface area contributed by atoms with Crippen LogP contribution in [0, 0.1) is 0 Å². The number of carbonyl (C=O) groups is 2. The molecule has 1 aliphatic rings. The molecule has 0 fully saturated rings. The van der Waals surface area contributed by atoms with Crippen molar-refractivity contribution in [2.75, 3.05) is 11.5 Å². The van der Waals surface area contributed by atoms with Gasteiger partial charge in [-0.3, -0.25) is 14.1 Å². The molecule has 6 N–H and O–H groups in total. The van der Waals surface area contributed by atoms with E-state index in [-0.39, 0.29) is 74.5 Å². The summed E-state index contributed by atoms with van der Waals surface area (Å²) in [6.07, 6.45) is 0. The molecule has 4 rings (SSSR count). The second-order valence-electron chi connectivity index (χ2n) is 6.70. The summed E-state index contributed by atoms with van der Waals surface area (Å²) in [6, 6.07) is 8.35. The van der Waals surface area contributed by atoms with E-state index in [4.69, 9.17) is 11.5 Å². The van der Waals surface area contributed by atoms with Crippen LogP contribution in [-0.4, -0.2) is 29.6 Å². The molecule has 3 aromatic carbocycles. The zero-order chi connectivity index (χ0) is 22.0. The number of phenols is 1. The van der Waals surface area contributed by atoms with E-state index < -0.39 is 32.3 Å². The normalized spacial score (nSPS) is 12.7. The molecule has 11 heteroatoms. The molecule has 0 saturated carbocycles. The van der Waals surface area contributed by atoms with Crippen molar-refractivity contribution in [3.8, 4) is 22.6 Å². The summed E-state index contributed by atoms with van der Waals surface area (Å²) in [5, 5.41) is 22.1. The second-order valence-corrected chi connectivity index (χ2v) is 8.13.